The van der Waals surface area contributed by atoms with E-state index in [1.54, 1.807) is 12.1 Å². The standard InChI is InChI=1S/C38H34F5NO13S/c1-16(45)51-14-26-32(53-17(2)46)34(54-18(3)47)35(55-19(4)48)37(56-26)58-15-25(36(49)57-33-30(42)28(40)27(39)29(41)31(33)43)44-38(50)52-13-24-22-11-7-5-9-20(22)21-10-6-8-12-23(21)24/h5-12,24-26,32,34-35,37H,13-15H2,1-4H3,(H,44,50)/t25-,26+,32-,34-,35+,37-/m0/s1. The molecule has 0 spiro atoms. The van der Waals surface area contributed by atoms with Crippen LogP contribution in [0.1, 0.15) is 44.7 Å². The second-order valence-electron chi connectivity index (χ2n) is 12.7. The summed E-state index contributed by atoms with van der Waals surface area (Å²) in [7, 11) is 0. The molecule has 3 aromatic rings. The molecule has 1 aliphatic heterocycles. The average molecular weight is 840 g/mol. The Labute approximate surface area is 330 Å². The maximum Gasteiger partial charge on any atom is 0.407 e. The summed E-state index contributed by atoms with van der Waals surface area (Å²) >= 11 is 0.530. The number of rotatable bonds is 13. The number of alkyl carbamates (subject to hydrolysis) is 1. The third-order valence-electron chi connectivity index (χ3n) is 8.67. The summed E-state index contributed by atoms with van der Waals surface area (Å²) < 4.78 is 108. The first kappa shape index (κ1) is 43.4. The second-order valence-corrected chi connectivity index (χ2v) is 13.9. The number of hydrogen-bond acceptors (Lipinski definition) is 14. The molecule has 1 saturated heterocycles. The predicted molar refractivity (Wildman–Crippen MR) is 188 cm³/mol. The summed E-state index contributed by atoms with van der Waals surface area (Å²) in [6, 6.07) is 12.6. The highest BCUT2D eigenvalue weighted by Crippen LogP contribution is 2.44. The van der Waals surface area contributed by atoms with Crippen LogP contribution in [-0.4, -0.2) is 90.8 Å². The van der Waals surface area contributed by atoms with Crippen LogP contribution in [0.3, 0.4) is 0 Å². The molecule has 5 rings (SSSR count). The van der Waals surface area contributed by atoms with Gasteiger partial charge < -0.3 is 38.5 Å². The average Bonchev–Trinajstić information content (AvgIpc) is 3.49. The van der Waals surface area contributed by atoms with Crippen molar-refractivity contribution in [3.05, 3.63) is 88.7 Å². The summed E-state index contributed by atoms with van der Waals surface area (Å²) in [5.41, 5.74) is 1.88. The molecular weight excluding hydrogens is 805 g/mol. The fourth-order valence-electron chi connectivity index (χ4n) is 6.31. The van der Waals surface area contributed by atoms with Crippen molar-refractivity contribution in [2.75, 3.05) is 19.0 Å². The first-order valence-electron chi connectivity index (χ1n) is 17.2. The first-order chi connectivity index (χ1) is 27.5. The number of esters is 5. The lowest BCUT2D eigenvalue weighted by molar-refractivity contribution is -0.237. The molecule has 310 valence electrons. The lowest BCUT2D eigenvalue weighted by Gasteiger charge is -2.44. The number of nitrogens with one attached hydrogen (secondary N) is 1. The molecule has 3 aromatic carbocycles. The number of carbonyl (C=O) groups excluding carboxylic acids is 6. The highest BCUT2D eigenvalue weighted by atomic mass is 32.2. The number of hydrogen-bond donors (Lipinski definition) is 1. The van der Waals surface area contributed by atoms with E-state index in [0.29, 0.717) is 11.8 Å². The fourth-order valence-corrected chi connectivity index (χ4v) is 7.53. The summed E-state index contributed by atoms with van der Waals surface area (Å²) in [6.45, 7) is 3.12. The number of fused-ring (bicyclic) bond motifs is 3. The summed E-state index contributed by atoms with van der Waals surface area (Å²) in [6.07, 6.45) is -7.54. The van der Waals surface area contributed by atoms with Gasteiger partial charge in [0.1, 0.15) is 30.8 Å². The van der Waals surface area contributed by atoms with E-state index in [9.17, 15) is 50.7 Å². The van der Waals surface area contributed by atoms with Crippen molar-refractivity contribution in [2.45, 2.75) is 69.5 Å². The molecule has 0 saturated carbocycles. The molecular formula is C38H34F5NO13S. The zero-order valence-electron chi connectivity index (χ0n) is 30.9. The van der Waals surface area contributed by atoms with Gasteiger partial charge in [0.2, 0.25) is 34.8 Å². The summed E-state index contributed by atoms with van der Waals surface area (Å²) in [4.78, 5) is 75.1. The molecule has 1 aliphatic carbocycles. The lowest BCUT2D eigenvalue weighted by atomic mass is 9.98. The van der Waals surface area contributed by atoms with Gasteiger partial charge in [-0.2, -0.15) is 8.78 Å². The Morgan fingerprint density at radius 2 is 1.16 bits per heavy atom. The van der Waals surface area contributed by atoms with Gasteiger partial charge >= 0.3 is 35.9 Å². The molecule has 2 aliphatic rings. The summed E-state index contributed by atoms with van der Waals surface area (Å²) in [5, 5.41) is 2.16. The molecule has 1 N–H and O–H groups in total. The molecule has 14 nitrogen and oxygen atoms in total. The van der Waals surface area contributed by atoms with E-state index < -0.39 is 125 Å². The van der Waals surface area contributed by atoms with Crippen LogP contribution in [0, 0.1) is 29.1 Å². The van der Waals surface area contributed by atoms with Gasteiger partial charge in [-0.3, -0.25) is 19.2 Å². The number of carbonyl (C=O) groups is 6. The van der Waals surface area contributed by atoms with Crippen LogP contribution in [0.15, 0.2) is 48.5 Å². The van der Waals surface area contributed by atoms with Crippen LogP contribution >= 0.6 is 11.8 Å². The molecule has 0 unspecified atom stereocenters. The van der Waals surface area contributed by atoms with E-state index in [-0.39, 0.29) is 6.61 Å². The number of thioether (sulfide) groups is 1. The van der Waals surface area contributed by atoms with Crippen molar-refractivity contribution in [3.63, 3.8) is 0 Å². The number of halogens is 5. The molecule has 1 heterocycles. The Hall–Kier alpha value is -5.76. The van der Waals surface area contributed by atoms with E-state index >= 15 is 0 Å². The van der Waals surface area contributed by atoms with E-state index in [2.05, 4.69) is 10.1 Å². The molecule has 1 fully saturated rings. The van der Waals surface area contributed by atoms with Crippen LogP contribution in [0.5, 0.6) is 5.75 Å². The number of benzene rings is 3. The first-order valence-corrected chi connectivity index (χ1v) is 18.3. The second kappa shape index (κ2) is 18.7. The third kappa shape index (κ3) is 9.84. The molecule has 1 amide bonds. The zero-order valence-corrected chi connectivity index (χ0v) is 31.7. The molecule has 0 radical (unpaired) electrons. The van der Waals surface area contributed by atoms with Crippen LogP contribution in [-0.2, 0) is 52.4 Å². The highest BCUT2D eigenvalue weighted by molar-refractivity contribution is 7.99. The van der Waals surface area contributed by atoms with Crippen molar-refractivity contribution in [1.29, 1.82) is 0 Å². The minimum atomic E-state index is -2.53. The maximum atomic E-state index is 14.6. The zero-order chi connectivity index (χ0) is 42.4. The fraction of sp³-hybridized carbons (Fsp3) is 0.368. The number of ether oxygens (including phenoxy) is 7. The largest absolute Gasteiger partial charge is 0.463 e. The third-order valence-corrected chi connectivity index (χ3v) is 9.90. The molecule has 0 bridgehead atoms. The smallest absolute Gasteiger partial charge is 0.407 e. The van der Waals surface area contributed by atoms with Crippen molar-refractivity contribution < 1.29 is 83.9 Å². The minimum absolute atomic E-state index is 0.286. The van der Waals surface area contributed by atoms with Gasteiger partial charge in [0.25, 0.3) is 0 Å². The van der Waals surface area contributed by atoms with Crippen LogP contribution in [0.4, 0.5) is 26.7 Å². The van der Waals surface area contributed by atoms with Crippen molar-refractivity contribution >= 4 is 47.7 Å². The van der Waals surface area contributed by atoms with E-state index in [1.165, 1.54) is 0 Å². The Kier molecular flexibility index (Phi) is 14.0. The lowest BCUT2D eigenvalue weighted by Crippen LogP contribution is -2.61. The van der Waals surface area contributed by atoms with Gasteiger partial charge in [0.05, 0.1) is 0 Å². The van der Waals surface area contributed by atoms with Crippen LogP contribution in [0.2, 0.25) is 0 Å². The SMILES string of the molecule is CC(=O)OC[C@H]1O[C@@H](SC[C@H](NC(=O)OCC2c3ccccc3-c3ccccc32)C(=O)Oc2c(F)c(F)c(F)c(F)c2F)[C@H](OC(C)=O)[C@@H](OC(C)=O)[C@H]1OC(C)=O. The van der Waals surface area contributed by atoms with Crippen LogP contribution in [0.25, 0.3) is 11.1 Å². The Morgan fingerprint density at radius 1 is 0.655 bits per heavy atom. The van der Waals surface area contributed by atoms with E-state index in [1.807, 2.05) is 36.4 Å². The molecule has 58 heavy (non-hydrogen) atoms. The molecule has 0 aromatic heterocycles. The van der Waals surface area contributed by atoms with Crippen molar-refractivity contribution in [1.82, 2.24) is 5.32 Å². The van der Waals surface area contributed by atoms with Crippen molar-refractivity contribution in [2.24, 2.45) is 0 Å². The highest BCUT2D eigenvalue weighted by Gasteiger charge is 2.52. The van der Waals surface area contributed by atoms with Gasteiger partial charge in [0.15, 0.2) is 18.3 Å². The predicted octanol–water partition coefficient (Wildman–Crippen LogP) is 5.01. The van der Waals surface area contributed by atoms with E-state index in [0.717, 1.165) is 49.9 Å². The summed E-state index contributed by atoms with van der Waals surface area (Å²) in [5.74, 6) is -20.9. The van der Waals surface area contributed by atoms with Gasteiger partial charge in [-0.15, -0.1) is 11.8 Å². The minimum Gasteiger partial charge on any atom is -0.463 e. The van der Waals surface area contributed by atoms with Crippen LogP contribution < -0.4 is 10.1 Å². The molecule has 6 atom stereocenters. The Morgan fingerprint density at radius 3 is 1.69 bits per heavy atom. The van der Waals surface area contributed by atoms with Gasteiger partial charge in [-0.25, -0.2) is 22.8 Å². The quantitative estimate of drug-likeness (QED) is 0.0606. The Balaban J connectivity index is 1.44. The Bertz CT molecular complexity index is 2030. The normalized spacial score (nSPS) is 20.1. The monoisotopic (exact) mass is 839 g/mol. The van der Waals surface area contributed by atoms with Gasteiger partial charge in [0, 0.05) is 39.4 Å². The number of amides is 1. The van der Waals surface area contributed by atoms with Crippen molar-refractivity contribution in [3.8, 4) is 16.9 Å². The topological polar surface area (TPSA) is 179 Å². The van der Waals surface area contributed by atoms with Gasteiger partial charge in [-0.1, -0.05) is 48.5 Å². The van der Waals surface area contributed by atoms with Gasteiger partial charge in [-0.05, 0) is 22.3 Å². The van der Waals surface area contributed by atoms with E-state index in [4.69, 9.17) is 28.4 Å². The maximum absolute atomic E-state index is 14.6. The molecule has 20 heteroatoms.